The fraction of sp³-hybridized carbons (Fsp3) is 0.714. The summed E-state index contributed by atoms with van der Waals surface area (Å²) in [7, 11) is 0. The van der Waals surface area contributed by atoms with Gasteiger partial charge in [-0.25, -0.2) is 0 Å². The highest BCUT2D eigenvalue weighted by Gasteiger charge is 2.24. The van der Waals surface area contributed by atoms with Gasteiger partial charge in [-0.15, -0.1) is 11.3 Å². The van der Waals surface area contributed by atoms with Gasteiger partial charge in [0.1, 0.15) is 6.10 Å². The van der Waals surface area contributed by atoms with Gasteiger partial charge in [-0.05, 0) is 38.8 Å². The summed E-state index contributed by atoms with van der Waals surface area (Å²) < 4.78 is 6.24. The van der Waals surface area contributed by atoms with Crippen LogP contribution in [0.15, 0.2) is 12.1 Å². The highest BCUT2D eigenvalue weighted by molar-refractivity contribution is 7.12. The van der Waals surface area contributed by atoms with Crippen molar-refractivity contribution in [2.75, 3.05) is 0 Å². The largest absolute Gasteiger partial charge is 0.368 e. The highest BCUT2D eigenvalue weighted by atomic mass is 32.1. The van der Waals surface area contributed by atoms with Crippen molar-refractivity contribution in [2.24, 2.45) is 5.73 Å². The van der Waals surface area contributed by atoms with Gasteiger partial charge in [0.05, 0.1) is 6.10 Å². The molecule has 1 fully saturated rings. The molecular formula is C14H23NOS. The van der Waals surface area contributed by atoms with E-state index in [-0.39, 0.29) is 12.1 Å². The Labute approximate surface area is 108 Å². The Morgan fingerprint density at radius 1 is 1.29 bits per heavy atom. The molecule has 1 aliphatic rings. The molecule has 0 bridgehead atoms. The molecule has 0 saturated heterocycles. The number of rotatable bonds is 4. The molecule has 3 heteroatoms. The van der Waals surface area contributed by atoms with Crippen molar-refractivity contribution < 1.29 is 4.74 Å². The molecule has 96 valence electrons. The molecule has 1 aliphatic carbocycles. The predicted octanol–water partition coefficient (Wildman–Crippen LogP) is 3.79. The minimum atomic E-state index is 0.0648. The lowest BCUT2D eigenvalue weighted by molar-refractivity contribution is -0.0389. The molecule has 0 amide bonds. The molecule has 2 N–H and O–H groups in total. The first-order valence-electron chi connectivity index (χ1n) is 6.64. The summed E-state index contributed by atoms with van der Waals surface area (Å²) >= 11 is 1.81. The van der Waals surface area contributed by atoms with Crippen LogP contribution in [-0.2, 0) is 4.74 Å². The second-order valence-corrected chi connectivity index (χ2v) is 6.44. The first kappa shape index (κ1) is 13.1. The zero-order valence-corrected chi connectivity index (χ0v) is 11.6. The van der Waals surface area contributed by atoms with Gasteiger partial charge in [-0.2, -0.15) is 0 Å². The predicted molar refractivity (Wildman–Crippen MR) is 73.4 cm³/mol. The zero-order chi connectivity index (χ0) is 12.3. The fourth-order valence-electron chi connectivity index (χ4n) is 2.46. The summed E-state index contributed by atoms with van der Waals surface area (Å²) in [6, 6.07) is 4.38. The summed E-state index contributed by atoms with van der Waals surface area (Å²) in [6.45, 7) is 4.18. The maximum absolute atomic E-state index is 6.24. The molecule has 2 nitrogen and oxygen atoms in total. The van der Waals surface area contributed by atoms with Crippen molar-refractivity contribution in [3.05, 3.63) is 21.9 Å². The van der Waals surface area contributed by atoms with Gasteiger partial charge in [0.15, 0.2) is 0 Å². The number of hydrogen-bond donors (Lipinski definition) is 1. The molecule has 0 radical (unpaired) electrons. The lowest BCUT2D eigenvalue weighted by Crippen LogP contribution is -2.30. The van der Waals surface area contributed by atoms with E-state index in [1.807, 2.05) is 18.3 Å². The minimum absolute atomic E-state index is 0.0648. The third-order valence-electron chi connectivity index (χ3n) is 3.41. The second kappa shape index (κ2) is 5.98. The van der Waals surface area contributed by atoms with E-state index in [1.165, 1.54) is 41.9 Å². The Bertz CT molecular complexity index is 342. The van der Waals surface area contributed by atoms with Crippen LogP contribution < -0.4 is 5.73 Å². The van der Waals surface area contributed by atoms with E-state index < -0.39 is 0 Å². The number of hydrogen-bond acceptors (Lipinski definition) is 3. The van der Waals surface area contributed by atoms with Crippen molar-refractivity contribution in [1.29, 1.82) is 0 Å². The van der Waals surface area contributed by atoms with Gasteiger partial charge in [0.2, 0.25) is 0 Å². The average molecular weight is 253 g/mol. The SMILES string of the molecule is Cc1ccc(C(OC2CCCCC2)C(C)N)s1. The smallest absolute Gasteiger partial charge is 0.107 e. The molecule has 1 aromatic heterocycles. The normalized spacial score (nSPS) is 21.4. The maximum Gasteiger partial charge on any atom is 0.107 e. The Morgan fingerprint density at radius 2 is 2.00 bits per heavy atom. The summed E-state index contributed by atoms with van der Waals surface area (Å²) in [6.07, 6.45) is 6.88. The molecule has 1 aromatic rings. The molecule has 2 unspecified atom stereocenters. The third-order valence-corrected chi connectivity index (χ3v) is 4.47. The molecular weight excluding hydrogens is 230 g/mol. The molecule has 1 heterocycles. The van der Waals surface area contributed by atoms with E-state index in [0.29, 0.717) is 6.10 Å². The van der Waals surface area contributed by atoms with Crippen molar-refractivity contribution in [3.63, 3.8) is 0 Å². The molecule has 0 aliphatic heterocycles. The molecule has 2 atom stereocenters. The van der Waals surface area contributed by atoms with E-state index in [1.54, 1.807) is 0 Å². The second-order valence-electron chi connectivity index (χ2n) is 5.12. The van der Waals surface area contributed by atoms with Crippen molar-refractivity contribution in [1.82, 2.24) is 0 Å². The summed E-state index contributed by atoms with van der Waals surface area (Å²) in [5.74, 6) is 0. The van der Waals surface area contributed by atoms with E-state index in [2.05, 4.69) is 19.1 Å². The number of thiophene rings is 1. The van der Waals surface area contributed by atoms with Crippen LogP contribution in [-0.4, -0.2) is 12.1 Å². The van der Waals surface area contributed by atoms with E-state index in [0.717, 1.165) is 0 Å². The van der Waals surface area contributed by atoms with Crippen LogP contribution in [0.2, 0.25) is 0 Å². The van der Waals surface area contributed by atoms with Crippen LogP contribution in [0.25, 0.3) is 0 Å². The number of ether oxygens (including phenoxy) is 1. The lowest BCUT2D eigenvalue weighted by atomic mass is 9.97. The first-order valence-corrected chi connectivity index (χ1v) is 7.46. The highest BCUT2D eigenvalue weighted by Crippen LogP contribution is 2.32. The van der Waals surface area contributed by atoms with Crippen molar-refractivity contribution in [2.45, 2.75) is 64.2 Å². The maximum atomic E-state index is 6.24. The standard InChI is InChI=1S/C14H23NOS/c1-10-8-9-13(17-10)14(11(2)15)16-12-6-4-3-5-7-12/h8-9,11-12,14H,3-7,15H2,1-2H3. The van der Waals surface area contributed by atoms with Crippen LogP contribution in [0.4, 0.5) is 0 Å². The molecule has 1 saturated carbocycles. The minimum Gasteiger partial charge on any atom is -0.368 e. The molecule has 2 rings (SSSR count). The van der Waals surface area contributed by atoms with Gasteiger partial charge in [0.25, 0.3) is 0 Å². The van der Waals surface area contributed by atoms with E-state index >= 15 is 0 Å². The Kier molecular flexibility index (Phi) is 4.60. The van der Waals surface area contributed by atoms with Crippen LogP contribution in [0.3, 0.4) is 0 Å². The van der Waals surface area contributed by atoms with E-state index in [4.69, 9.17) is 10.5 Å². The third kappa shape index (κ3) is 3.54. The fourth-order valence-corrected chi connectivity index (χ4v) is 3.50. The summed E-state index contributed by atoms with van der Waals surface area (Å²) in [5.41, 5.74) is 6.08. The molecule has 17 heavy (non-hydrogen) atoms. The average Bonchev–Trinajstić information content (AvgIpc) is 2.73. The van der Waals surface area contributed by atoms with Gasteiger partial charge in [-0.3, -0.25) is 0 Å². The van der Waals surface area contributed by atoms with Gasteiger partial charge in [-0.1, -0.05) is 19.3 Å². The van der Waals surface area contributed by atoms with Crippen molar-refractivity contribution >= 4 is 11.3 Å². The number of nitrogens with two attached hydrogens (primary N) is 1. The monoisotopic (exact) mass is 253 g/mol. The quantitative estimate of drug-likeness (QED) is 0.886. The lowest BCUT2D eigenvalue weighted by Gasteiger charge is -2.29. The number of aryl methyl sites for hydroxylation is 1. The van der Waals surface area contributed by atoms with Crippen LogP contribution in [0.5, 0.6) is 0 Å². The van der Waals surface area contributed by atoms with Crippen LogP contribution in [0, 0.1) is 6.92 Å². The first-order chi connectivity index (χ1) is 8.16. The van der Waals surface area contributed by atoms with Gasteiger partial charge in [0, 0.05) is 15.8 Å². The Hall–Kier alpha value is -0.380. The zero-order valence-electron chi connectivity index (χ0n) is 10.8. The van der Waals surface area contributed by atoms with Gasteiger partial charge >= 0.3 is 0 Å². The summed E-state index contributed by atoms with van der Waals surface area (Å²) in [4.78, 5) is 2.61. The topological polar surface area (TPSA) is 35.2 Å². The molecule has 0 aromatic carbocycles. The Morgan fingerprint density at radius 3 is 2.53 bits per heavy atom. The van der Waals surface area contributed by atoms with Crippen molar-refractivity contribution in [3.8, 4) is 0 Å². The van der Waals surface area contributed by atoms with Gasteiger partial charge < -0.3 is 10.5 Å². The van der Waals surface area contributed by atoms with Crippen LogP contribution in [0.1, 0.15) is 54.9 Å². The Balaban J connectivity index is 2.01. The van der Waals surface area contributed by atoms with Crippen LogP contribution >= 0.6 is 11.3 Å². The van der Waals surface area contributed by atoms with E-state index in [9.17, 15) is 0 Å². The summed E-state index contributed by atoms with van der Waals surface area (Å²) in [5, 5.41) is 0. The molecule has 0 spiro atoms.